The van der Waals surface area contributed by atoms with Crippen molar-refractivity contribution >= 4 is 5.91 Å². The predicted molar refractivity (Wildman–Crippen MR) is 104 cm³/mol. The lowest BCUT2D eigenvalue weighted by molar-refractivity contribution is -0.117. The number of benzene rings is 1. The molecule has 1 amide bonds. The molecule has 0 bridgehead atoms. The molecule has 0 unspecified atom stereocenters. The van der Waals surface area contributed by atoms with Crippen molar-refractivity contribution in [2.45, 2.75) is 40.2 Å². The van der Waals surface area contributed by atoms with E-state index in [4.69, 9.17) is 0 Å². The van der Waals surface area contributed by atoms with Crippen LogP contribution in [0, 0.1) is 11.6 Å². The summed E-state index contributed by atoms with van der Waals surface area (Å²) >= 11 is 0. The van der Waals surface area contributed by atoms with Crippen LogP contribution in [0.3, 0.4) is 0 Å². The van der Waals surface area contributed by atoms with Crippen molar-refractivity contribution in [3.63, 3.8) is 0 Å². The minimum atomic E-state index is -0.964. The second-order valence-electron chi connectivity index (χ2n) is 6.14. The summed E-state index contributed by atoms with van der Waals surface area (Å²) in [5.74, 6) is -2.41. The Kier molecular flexibility index (Phi) is 9.26. The molecule has 27 heavy (non-hydrogen) atoms. The maximum Gasteiger partial charge on any atom is 0.251 e. The van der Waals surface area contributed by atoms with Gasteiger partial charge >= 0.3 is 0 Å². The van der Waals surface area contributed by atoms with E-state index in [9.17, 15) is 18.7 Å². The number of carbonyl (C=O) groups is 1. The lowest BCUT2D eigenvalue weighted by Gasteiger charge is -2.25. The summed E-state index contributed by atoms with van der Waals surface area (Å²) in [7, 11) is 0. The molecular weight excluding hydrogens is 350 g/mol. The first-order chi connectivity index (χ1) is 12.8. The van der Waals surface area contributed by atoms with E-state index in [1.165, 1.54) is 12.1 Å². The molecule has 0 heterocycles. The number of nitrogens with one attached hydrogen (secondary N) is 1. The molecule has 0 aromatic heterocycles. The summed E-state index contributed by atoms with van der Waals surface area (Å²) in [6.45, 7) is 11.2. The summed E-state index contributed by atoms with van der Waals surface area (Å²) in [6.07, 6.45) is 4.75. The zero-order valence-electron chi connectivity index (χ0n) is 16.2. The van der Waals surface area contributed by atoms with Crippen LogP contribution in [0.1, 0.15) is 39.2 Å². The Balaban J connectivity index is 2.80. The molecule has 0 spiro atoms. The van der Waals surface area contributed by atoms with Gasteiger partial charge in [-0.1, -0.05) is 32.6 Å². The third-order valence-corrected chi connectivity index (χ3v) is 3.97. The van der Waals surface area contributed by atoms with Gasteiger partial charge in [-0.2, -0.15) is 0 Å². The first-order valence-corrected chi connectivity index (χ1v) is 9.07. The Morgan fingerprint density at radius 1 is 1.22 bits per heavy atom. The Hall–Kier alpha value is -2.63. The van der Waals surface area contributed by atoms with Crippen molar-refractivity contribution in [2.75, 3.05) is 13.1 Å². The maximum absolute atomic E-state index is 13.2. The van der Waals surface area contributed by atoms with Crippen LogP contribution in [0.15, 0.2) is 54.0 Å². The van der Waals surface area contributed by atoms with Gasteiger partial charge in [-0.05, 0) is 43.5 Å². The van der Waals surface area contributed by atoms with Gasteiger partial charge in [0.15, 0.2) is 11.6 Å². The molecule has 0 radical (unpaired) electrons. The summed E-state index contributed by atoms with van der Waals surface area (Å²) in [5.41, 5.74) is 1.16. The number of halogens is 2. The van der Waals surface area contributed by atoms with Gasteiger partial charge < -0.3 is 15.3 Å². The molecule has 0 saturated carbocycles. The highest BCUT2D eigenvalue weighted by atomic mass is 19.2. The second kappa shape index (κ2) is 11.2. The van der Waals surface area contributed by atoms with Crippen LogP contribution in [0.5, 0.6) is 0 Å². The van der Waals surface area contributed by atoms with Crippen molar-refractivity contribution < 1.29 is 18.7 Å². The maximum atomic E-state index is 13.2. The molecule has 1 rings (SSSR count). The number of hydrogen-bond acceptors (Lipinski definition) is 3. The fourth-order valence-electron chi connectivity index (χ4n) is 2.53. The van der Waals surface area contributed by atoms with E-state index in [-0.39, 0.29) is 17.9 Å². The second-order valence-corrected chi connectivity index (χ2v) is 6.14. The highest BCUT2D eigenvalue weighted by Gasteiger charge is 2.13. The molecule has 6 heteroatoms. The van der Waals surface area contributed by atoms with Gasteiger partial charge in [-0.25, -0.2) is 8.78 Å². The smallest absolute Gasteiger partial charge is 0.251 e. The van der Waals surface area contributed by atoms with Crippen molar-refractivity contribution in [3.8, 4) is 0 Å². The normalized spacial score (nSPS) is 12.0. The zero-order chi connectivity index (χ0) is 20.4. The fraction of sp³-hybridized carbons (Fsp3) is 0.381. The van der Waals surface area contributed by atoms with Crippen molar-refractivity contribution in [2.24, 2.45) is 0 Å². The summed E-state index contributed by atoms with van der Waals surface area (Å²) in [5, 5.41) is 13.0. The van der Waals surface area contributed by atoms with Crippen molar-refractivity contribution in [1.29, 1.82) is 0 Å². The van der Waals surface area contributed by atoms with E-state index in [2.05, 4.69) is 11.9 Å². The number of rotatable bonds is 10. The first kappa shape index (κ1) is 22.4. The van der Waals surface area contributed by atoms with Gasteiger partial charge in [0.1, 0.15) is 5.76 Å². The molecule has 1 aromatic carbocycles. The SMILES string of the molecule is C=C(/C(O)=C\C(=C/C)C(=O)NCc1ccc(F)c(F)c1)N(CCC)CCC. The van der Waals surface area contributed by atoms with Crippen LogP contribution in [0.25, 0.3) is 0 Å². The average molecular weight is 378 g/mol. The number of aliphatic hydroxyl groups is 1. The predicted octanol–water partition coefficient (Wildman–Crippen LogP) is 4.60. The molecular formula is C21H28F2N2O2. The Morgan fingerprint density at radius 2 is 1.85 bits per heavy atom. The monoisotopic (exact) mass is 378 g/mol. The van der Waals surface area contributed by atoms with Gasteiger partial charge in [-0.15, -0.1) is 0 Å². The quantitative estimate of drug-likeness (QED) is 0.355. The molecule has 0 aliphatic heterocycles. The molecule has 0 aliphatic carbocycles. The summed E-state index contributed by atoms with van der Waals surface area (Å²) in [6, 6.07) is 3.45. The standard InChI is InChI=1S/C21H28F2N2O2/c1-5-10-25(11-6-2)15(4)20(26)13-17(7-3)21(27)24-14-16-8-9-18(22)19(23)12-16/h7-9,12-13,26H,4-6,10-11,14H2,1-3H3,(H,24,27)/b17-7+,20-13+. The molecule has 148 valence electrons. The van der Waals surface area contributed by atoms with E-state index in [0.717, 1.165) is 38.1 Å². The van der Waals surface area contributed by atoms with Crippen LogP contribution in [-0.4, -0.2) is 29.0 Å². The highest BCUT2D eigenvalue weighted by molar-refractivity contribution is 5.96. The van der Waals surface area contributed by atoms with Gasteiger partial charge in [-0.3, -0.25) is 4.79 Å². The molecule has 1 aromatic rings. The lowest BCUT2D eigenvalue weighted by atomic mass is 10.1. The number of amides is 1. The van der Waals surface area contributed by atoms with Gasteiger partial charge in [0.25, 0.3) is 5.91 Å². The van der Waals surface area contributed by atoms with Crippen LogP contribution < -0.4 is 5.32 Å². The van der Waals surface area contributed by atoms with Gasteiger partial charge in [0, 0.05) is 25.2 Å². The largest absolute Gasteiger partial charge is 0.506 e. The number of hydrogen-bond donors (Lipinski definition) is 2. The number of carbonyl (C=O) groups excluding carboxylic acids is 1. The Morgan fingerprint density at radius 3 is 2.37 bits per heavy atom. The molecule has 2 N–H and O–H groups in total. The Bertz CT molecular complexity index is 721. The fourth-order valence-corrected chi connectivity index (χ4v) is 2.53. The summed E-state index contributed by atoms with van der Waals surface area (Å²) in [4.78, 5) is 14.3. The number of allylic oxidation sites excluding steroid dienone is 1. The molecule has 0 fully saturated rings. The first-order valence-electron chi connectivity index (χ1n) is 9.07. The highest BCUT2D eigenvalue weighted by Crippen LogP contribution is 2.15. The molecule has 0 aliphatic rings. The van der Waals surface area contributed by atoms with Crippen LogP contribution in [0.4, 0.5) is 8.78 Å². The van der Waals surface area contributed by atoms with Crippen molar-refractivity contribution in [1.82, 2.24) is 10.2 Å². The minimum Gasteiger partial charge on any atom is -0.506 e. The van der Waals surface area contributed by atoms with Crippen LogP contribution >= 0.6 is 0 Å². The van der Waals surface area contributed by atoms with Crippen LogP contribution in [-0.2, 0) is 11.3 Å². The molecule has 4 nitrogen and oxygen atoms in total. The van der Waals surface area contributed by atoms with E-state index >= 15 is 0 Å². The topological polar surface area (TPSA) is 52.6 Å². The van der Waals surface area contributed by atoms with E-state index in [0.29, 0.717) is 11.3 Å². The number of aliphatic hydroxyl groups excluding tert-OH is 1. The average Bonchev–Trinajstić information content (AvgIpc) is 2.65. The van der Waals surface area contributed by atoms with Crippen molar-refractivity contribution in [3.05, 3.63) is 71.2 Å². The summed E-state index contributed by atoms with van der Waals surface area (Å²) < 4.78 is 26.2. The van der Waals surface area contributed by atoms with Gasteiger partial charge in [0.05, 0.1) is 5.70 Å². The molecule has 0 saturated heterocycles. The van der Waals surface area contributed by atoms with Gasteiger partial charge in [0.2, 0.25) is 0 Å². The zero-order valence-corrected chi connectivity index (χ0v) is 16.2. The Labute approximate surface area is 159 Å². The minimum absolute atomic E-state index is 0.0424. The third-order valence-electron chi connectivity index (χ3n) is 3.97. The van der Waals surface area contributed by atoms with E-state index < -0.39 is 17.5 Å². The number of nitrogens with zero attached hydrogens (tertiary/aromatic N) is 1. The lowest BCUT2D eigenvalue weighted by Crippen LogP contribution is -2.26. The van der Waals surface area contributed by atoms with Crippen LogP contribution in [0.2, 0.25) is 0 Å². The van der Waals surface area contributed by atoms with E-state index in [1.807, 2.05) is 18.7 Å². The van der Waals surface area contributed by atoms with E-state index in [1.54, 1.807) is 13.0 Å². The molecule has 0 atom stereocenters. The third kappa shape index (κ3) is 6.89.